The van der Waals surface area contributed by atoms with E-state index in [2.05, 4.69) is 0 Å². The zero-order valence-corrected chi connectivity index (χ0v) is 19.4. The largest absolute Gasteiger partial charge is 0.619 e. The predicted molar refractivity (Wildman–Crippen MR) is 123 cm³/mol. The second-order valence-electron chi connectivity index (χ2n) is 7.08. The maximum Gasteiger partial charge on any atom is 0.338 e. The molecule has 1 atom stereocenters. The van der Waals surface area contributed by atoms with E-state index in [1.165, 1.54) is 26.6 Å². The highest BCUT2D eigenvalue weighted by Gasteiger charge is 2.24. The molecule has 1 aromatic heterocycles. The van der Waals surface area contributed by atoms with E-state index >= 15 is 0 Å². The number of pyridine rings is 1. The Labute approximate surface area is 201 Å². The number of ether oxygens (including phenoxy) is 3. The molecule has 7 nitrogen and oxygen atoms in total. The molecule has 33 heavy (non-hydrogen) atoms. The lowest BCUT2D eigenvalue weighted by atomic mass is 10.0. The van der Waals surface area contributed by atoms with E-state index in [9.17, 15) is 14.8 Å². The molecule has 0 aliphatic rings. The molecule has 0 amide bonds. The molecule has 9 heteroatoms. The van der Waals surface area contributed by atoms with Crippen LogP contribution in [-0.2, 0) is 22.4 Å². The highest BCUT2D eigenvalue weighted by molar-refractivity contribution is 6.35. The highest BCUT2D eigenvalue weighted by atomic mass is 35.5. The predicted octanol–water partition coefficient (Wildman–Crippen LogP) is 4.53. The summed E-state index contributed by atoms with van der Waals surface area (Å²) >= 11 is 12.5. The lowest BCUT2D eigenvalue weighted by molar-refractivity contribution is -0.605. The quantitative estimate of drug-likeness (QED) is 0.190. The number of carbonyl (C=O) groups excluding carboxylic acids is 2. The minimum Gasteiger partial charge on any atom is -0.619 e. The Bertz CT molecular complexity index is 1140. The first-order chi connectivity index (χ1) is 15.9. The van der Waals surface area contributed by atoms with Crippen molar-refractivity contribution < 1.29 is 28.5 Å². The van der Waals surface area contributed by atoms with Crippen LogP contribution in [0.25, 0.3) is 0 Å². The first-order valence-electron chi connectivity index (χ1n) is 9.88. The lowest BCUT2D eigenvalue weighted by Crippen LogP contribution is -2.25. The van der Waals surface area contributed by atoms with Gasteiger partial charge in [0.2, 0.25) is 0 Å². The zero-order chi connectivity index (χ0) is 24.0. The van der Waals surface area contributed by atoms with Gasteiger partial charge in [0.25, 0.3) is 0 Å². The molecular formula is C24H21Cl2NO6. The summed E-state index contributed by atoms with van der Waals surface area (Å²) in [5, 5.41) is 11.9. The van der Waals surface area contributed by atoms with Crippen LogP contribution in [-0.4, -0.2) is 26.5 Å². The third-order valence-corrected chi connectivity index (χ3v) is 5.61. The van der Waals surface area contributed by atoms with Gasteiger partial charge in [-0.25, -0.2) is 4.79 Å². The summed E-state index contributed by atoms with van der Waals surface area (Å²) < 4.78 is 17.0. The average molecular weight is 490 g/mol. The van der Waals surface area contributed by atoms with Crippen LogP contribution in [0.5, 0.6) is 11.5 Å². The van der Waals surface area contributed by atoms with Crippen LogP contribution in [0.1, 0.15) is 33.2 Å². The van der Waals surface area contributed by atoms with Gasteiger partial charge >= 0.3 is 5.97 Å². The van der Waals surface area contributed by atoms with Crippen molar-refractivity contribution in [3.63, 3.8) is 0 Å². The van der Waals surface area contributed by atoms with Gasteiger partial charge < -0.3 is 24.2 Å². The molecule has 0 N–H and O–H groups in total. The van der Waals surface area contributed by atoms with Crippen molar-refractivity contribution in [1.29, 1.82) is 0 Å². The van der Waals surface area contributed by atoms with Gasteiger partial charge in [0, 0.05) is 18.4 Å². The van der Waals surface area contributed by atoms with E-state index in [0.717, 1.165) is 6.29 Å². The van der Waals surface area contributed by atoms with Crippen molar-refractivity contribution >= 4 is 35.5 Å². The first-order valence-corrected chi connectivity index (χ1v) is 10.6. The number of halogens is 2. The monoisotopic (exact) mass is 489 g/mol. The number of hydrogen-bond acceptors (Lipinski definition) is 6. The molecule has 0 spiro atoms. The van der Waals surface area contributed by atoms with Gasteiger partial charge in [0.05, 0.1) is 19.8 Å². The van der Waals surface area contributed by atoms with Crippen LogP contribution in [0.3, 0.4) is 0 Å². The van der Waals surface area contributed by atoms with Crippen LogP contribution >= 0.6 is 23.2 Å². The summed E-state index contributed by atoms with van der Waals surface area (Å²) in [4.78, 5) is 23.8. The molecule has 0 fully saturated rings. The number of methoxy groups -OCH3 is 2. The minimum absolute atomic E-state index is 0.105. The van der Waals surface area contributed by atoms with Gasteiger partial charge in [-0.1, -0.05) is 41.4 Å². The third kappa shape index (κ3) is 5.94. The van der Waals surface area contributed by atoms with E-state index in [1.807, 2.05) is 0 Å². The van der Waals surface area contributed by atoms with E-state index < -0.39 is 12.1 Å². The molecule has 0 bridgehead atoms. The van der Waals surface area contributed by atoms with Gasteiger partial charge in [-0.05, 0) is 35.4 Å². The van der Waals surface area contributed by atoms with Crippen LogP contribution in [0.4, 0.5) is 0 Å². The van der Waals surface area contributed by atoms with E-state index in [1.54, 1.807) is 42.5 Å². The van der Waals surface area contributed by atoms with E-state index in [4.69, 9.17) is 37.4 Å². The fourth-order valence-corrected chi connectivity index (χ4v) is 3.91. The molecule has 0 unspecified atom stereocenters. The Balaban J connectivity index is 1.99. The smallest absolute Gasteiger partial charge is 0.338 e. The molecule has 172 valence electrons. The Kier molecular flexibility index (Phi) is 8.14. The number of aldehydes is 1. The normalized spacial score (nSPS) is 11.5. The van der Waals surface area contributed by atoms with Crippen molar-refractivity contribution in [2.45, 2.75) is 18.9 Å². The van der Waals surface area contributed by atoms with Crippen LogP contribution < -0.4 is 14.2 Å². The first kappa shape index (κ1) is 24.4. The maximum atomic E-state index is 13.0. The van der Waals surface area contributed by atoms with E-state index in [-0.39, 0.29) is 22.9 Å². The molecule has 0 aliphatic heterocycles. The Hall–Kier alpha value is -3.29. The average Bonchev–Trinajstić information content (AvgIpc) is 2.80. The molecule has 3 aromatic rings. The Morgan fingerprint density at radius 1 is 1.06 bits per heavy atom. The van der Waals surface area contributed by atoms with Crippen molar-refractivity contribution in [3.8, 4) is 11.5 Å². The second kappa shape index (κ2) is 11.0. The molecule has 0 aliphatic carbocycles. The van der Waals surface area contributed by atoms with Gasteiger partial charge in [0.1, 0.15) is 22.4 Å². The highest BCUT2D eigenvalue weighted by Crippen LogP contribution is 2.35. The van der Waals surface area contributed by atoms with E-state index in [0.29, 0.717) is 38.5 Å². The lowest BCUT2D eigenvalue weighted by Gasteiger charge is -2.21. The van der Waals surface area contributed by atoms with Crippen molar-refractivity contribution in [3.05, 3.63) is 92.4 Å². The van der Waals surface area contributed by atoms with Crippen molar-refractivity contribution in [2.24, 2.45) is 0 Å². The molecule has 0 saturated carbocycles. The van der Waals surface area contributed by atoms with Gasteiger partial charge in [0.15, 0.2) is 23.9 Å². The summed E-state index contributed by atoms with van der Waals surface area (Å²) in [6.07, 6.45) is 2.60. The Morgan fingerprint density at radius 2 is 1.76 bits per heavy atom. The number of aromatic nitrogens is 1. The summed E-state index contributed by atoms with van der Waals surface area (Å²) in [6.45, 7) is 0. The maximum absolute atomic E-state index is 13.0. The number of nitrogens with zero attached hydrogens (tertiary/aromatic N) is 1. The third-order valence-electron chi connectivity index (χ3n) is 4.96. The SMILES string of the molecule is COc1ccc([C@H](Cc2c(Cl)c[n+]([O-])cc2Cl)OC(=O)c2cccc(CC=O)c2)cc1OC. The molecule has 1 heterocycles. The fraction of sp³-hybridized carbons (Fsp3) is 0.208. The van der Waals surface area contributed by atoms with Crippen LogP contribution in [0.2, 0.25) is 10.0 Å². The Morgan fingerprint density at radius 3 is 2.39 bits per heavy atom. The number of esters is 1. The topological polar surface area (TPSA) is 88.8 Å². The summed E-state index contributed by atoms with van der Waals surface area (Å²) in [6, 6.07) is 11.8. The summed E-state index contributed by atoms with van der Waals surface area (Å²) in [7, 11) is 3.02. The summed E-state index contributed by atoms with van der Waals surface area (Å²) in [5.74, 6) is 0.368. The van der Waals surface area contributed by atoms with Gasteiger partial charge in [-0.3, -0.25) is 0 Å². The molecule has 0 radical (unpaired) electrons. The van der Waals surface area contributed by atoms with Crippen molar-refractivity contribution in [1.82, 2.24) is 0 Å². The number of carbonyl (C=O) groups is 2. The van der Waals surface area contributed by atoms with Crippen LogP contribution in [0.15, 0.2) is 54.9 Å². The molecular weight excluding hydrogens is 469 g/mol. The molecule has 0 saturated heterocycles. The fourth-order valence-electron chi connectivity index (χ4n) is 3.31. The summed E-state index contributed by atoms with van der Waals surface area (Å²) in [5.41, 5.74) is 2.04. The zero-order valence-electron chi connectivity index (χ0n) is 17.9. The minimum atomic E-state index is -0.815. The number of benzene rings is 2. The van der Waals surface area contributed by atoms with Crippen molar-refractivity contribution in [2.75, 3.05) is 14.2 Å². The second-order valence-corrected chi connectivity index (χ2v) is 7.89. The molecule has 3 rings (SSSR count). The number of hydrogen-bond donors (Lipinski definition) is 0. The van der Waals surface area contributed by atoms with Gasteiger partial charge in [-0.15, -0.1) is 0 Å². The molecule has 2 aromatic carbocycles. The number of rotatable bonds is 9. The van der Waals surface area contributed by atoms with Gasteiger partial charge in [-0.2, -0.15) is 4.73 Å². The van der Waals surface area contributed by atoms with Crippen LogP contribution in [0, 0.1) is 5.21 Å². The standard InChI is InChI=1S/C24H21Cl2NO6/c1-31-21-7-6-16(11-23(21)32-2)22(12-18-19(25)13-27(30)14-20(18)26)33-24(29)17-5-3-4-15(10-17)8-9-28/h3-7,9-11,13-14,22H,8,12H2,1-2H3/t22-/m0/s1.